The molecule has 0 amide bonds. The first-order valence-corrected chi connectivity index (χ1v) is 49.5. The monoisotopic (exact) mass is 1880 g/mol. The molecule has 0 aliphatic carbocycles. The molecule has 27 aromatic rings. The third-order valence-electron chi connectivity index (χ3n) is 27.2. The maximum absolute atomic E-state index is 5.28. The summed E-state index contributed by atoms with van der Waals surface area (Å²) in [6, 6.07) is 193. The lowest BCUT2D eigenvalue weighted by Crippen LogP contribution is -1.98. The fourth-order valence-corrected chi connectivity index (χ4v) is 20.1. The van der Waals surface area contributed by atoms with Crippen LogP contribution in [0, 0.1) is 0 Å². The van der Waals surface area contributed by atoms with Crippen LogP contribution >= 0.6 is 0 Å². The number of benzene rings is 20. The molecule has 11 heteroatoms. The van der Waals surface area contributed by atoms with E-state index in [0.29, 0.717) is 11.6 Å². The Morgan fingerprint density at radius 1 is 0.102 bits per heavy atom. The number of rotatable bonds is 18. The molecule has 0 saturated carbocycles. The zero-order valence-corrected chi connectivity index (χ0v) is 80.0. The molecular weight excluding hydrogens is 1790 g/mol. The minimum absolute atomic E-state index is 0.664. The van der Waals surface area contributed by atoms with Gasteiger partial charge in [-0.1, -0.05) is 425 Å². The minimum atomic E-state index is 0.664. The number of para-hydroxylation sites is 6. The quantitative estimate of drug-likeness (QED) is 0.0834. The normalized spacial score (nSPS) is 11.3. The molecule has 0 saturated heterocycles. The standard InChI is InChI=1S/C56H37N5.2C40H27N3/c1-5-18-38(19-6-1)49-36-51(59-55(57-49)40-22-9-3-10-23-40)44-32-43(42-26-17-27-46(35-42)61-53-30-15-13-28-47(53)48-29-14-16-31-54(48)61)33-45(34-44)52-37-50(39-20-7-2-8-21-39)58-56(60-52)41-24-11-4-12-25-41;1-3-13-28(14-4-1)36-27-37(42-40(41-36)29-15-5-2-6-16-29)32-19-11-17-30(25-32)31-18-12-20-33(26-31)43-38-23-9-7-21-34(38)35-22-8-10-24-39(35)43;1-3-12-29(13-4-1)36-27-37(42-40(41-36)30-14-5-2-6-15-30)32-17-11-16-31(26-32)28-22-24-33(25-23-28)43-38-20-9-7-18-34(38)35-19-8-10-21-39(35)43/h1-37H;2*1-27H. The zero-order valence-electron chi connectivity index (χ0n) is 80.0. The Balaban J connectivity index is 0.000000118. The molecule has 0 aliphatic heterocycles. The molecule has 0 aliphatic rings. The van der Waals surface area contributed by atoms with Gasteiger partial charge in [-0.05, 0) is 161 Å². The summed E-state index contributed by atoms with van der Waals surface area (Å²) in [7, 11) is 0. The molecule has 147 heavy (non-hydrogen) atoms. The molecule has 0 spiro atoms. The van der Waals surface area contributed by atoms with Crippen LogP contribution in [0.15, 0.2) is 552 Å². The zero-order chi connectivity index (χ0) is 97.7. The molecule has 690 valence electrons. The van der Waals surface area contributed by atoms with Crippen molar-refractivity contribution >= 4 is 65.4 Å². The fourth-order valence-electron chi connectivity index (χ4n) is 20.1. The molecule has 11 nitrogen and oxygen atoms in total. The molecule has 7 aromatic heterocycles. The van der Waals surface area contributed by atoms with Crippen LogP contribution in [0.3, 0.4) is 0 Å². The second kappa shape index (κ2) is 39.7. The van der Waals surface area contributed by atoms with Gasteiger partial charge < -0.3 is 13.7 Å². The van der Waals surface area contributed by atoms with Gasteiger partial charge in [0.2, 0.25) is 0 Å². The van der Waals surface area contributed by atoms with E-state index in [-0.39, 0.29) is 0 Å². The van der Waals surface area contributed by atoms with Gasteiger partial charge >= 0.3 is 0 Å². The molecule has 0 radical (unpaired) electrons. The molecular formula is C136H91N11. The van der Waals surface area contributed by atoms with Crippen molar-refractivity contribution in [3.8, 4) is 186 Å². The summed E-state index contributed by atoms with van der Waals surface area (Å²) in [5, 5.41) is 7.52. The van der Waals surface area contributed by atoms with Crippen molar-refractivity contribution < 1.29 is 0 Å². The SMILES string of the molecule is c1ccc(-c2cc(-c3cc(-c4cccc(-n5c6ccccc6c6ccccc65)c4)cc(-c4cc(-c5ccccc5)nc(-c5ccccc5)n4)c3)nc(-c3ccccc3)n2)cc1.c1ccc(-c2cc(-c3cccc(-c4ccc(-n5c6ccccc6c6ccccc65)cc4)c3)nc(-c3ccccc3)n2)cc1.c1ccc(-c2cc(-c3cccc(-c4cccc(-n5c6ccccc6c6ccccc65)c4)c3)nc(-c3ccccc3)n2)cc1. The predicted molar refractivity (Wildman–Crippen MR) is 606 cm³/mol. The lowest BCUT2D eigenvalue weighted by molar-refractivity contribution is 1.18. The van der Waals surface area contributed by atoms with Crippen molar-refractivity contribution in [2.75, 3.05) is 0 Å². The highest BCUT2D eigenvalue weighted by atomic mass is 15.0. The summed E-state index contributed by atoms with van der Waals surface area (Å²) >= 11 is 0. The Kier molecular flexibility index (Phi) is 23.9. The van der Waals surface area contributed by atoms with Crippen LogP contribution in [-0.2, 0) is 0 Å². The average Bonchev–Trinajstić information content (AvgIpc) is 1.60. The van der Waals surface area contributed by atoms with Gasteiger partial charge in [0.15, 0.2) is 23.3 Å². The van der Waals surface area contributed by atoms with E-state index in [9.17, 15) is 0 Å². The van der Waals surface area contributed by atoms with E-state index in [1.165, 1.54) is 65.4 Å². The molecule has 7 heterocycles. The van der Waals surface area contributed by atoms with Gasteiger partial charge in [0.25, 0.3) is 0 Å². The highest BCUT2D eigenvalue weighted by Crippen LogP contribution is 2.43. The van der Waals surface area contributed by atoms with Gasteiger partial charge in [0.1, 0.15) is 0 Å². The van der Waals surface area contributed by atoms with E-state index in [1.54, 1.807) is 0 Å². The molecule has 20 aromatic carbocycles. The first-order chi connectivity index (χ1) is 72.8. The summed E-state index contributed by atoms with van der Waals surface area (Å²) in [5.74, 6) is 2.77. The van der Waals surface area contributed by atoms with Crippen molar-refractivity contribution in [2.24, 2.45) is 0 Å². The number of fused-ring (bicyclic) bond motifs is 9. The van der Waals surface area contributed by atoms with Crippen LogP contribution in [0.25, 0.3) is 251 Å². The van der Waals surface area contributed by atoms with E-state index in [4.69, 9.17) is 39.9 Å². The molecule has 0 N–H and O–H groups in total. The largest absolute Gasteiger partial charge is 0.309 e. The van der Waals surface area contributed by atoms with E-state index >= 15 is 0 Å². The number of hydrogen-bond donors (Lipinski definition) is 0. The summed E-state index contributed by atoms with van der Waals surface area (Å²) in [6.07, 6.45) is 0. The minimum Gasteiger partial charge on any atom is -0.309 e. The highest BCUT2D eigenvalue weighted by molar-refractivity contribution is 6.12. The van der Waals surface area contributed by atoms with E-state index in [2.05, 4.69) is 420 Å². The Morgan fingerprint density at radius 3 is 0.565 bits per heavy atom. The van der Waals surface area contributed by atoms with Crippen LogP contribution in [0.2, 0.25) is 0 Å². The second-order valence-electron chi connectivity index (χ2n) is 36.5. The third-order valence-corrected chi connectivity index (χ3v) is 27.2. The number of hydrogen-bond acceptors (Lipinski definition) is 8. The highest BCUT2D eigenvalue weighted by Gasteiger charge is 2.23. The number of nitrogens with zero attached hydrogens (tertiary/aromatic N) is 11. The van der Waals surface area contributed by atoms with E-state index < -0.39 is 0 Å². The first kappa shape index (κ1) is 88.5. The van der Waals surface area contributed by atoms with Gasteiger partial charge in [-0.25, -0.2) is 39.9 Å². The van der Waals surface area contributed by atoms with Crippen LogP contribution in [0.5, 0.6) is 0 Å². The van der Waals surface area contributed by atoms with E-state index in [1.807, 2.05) is 146 Å². The van der Waals surface area contributed by atoms with Gasteiger partial charge in [0, 0.05) is 116 Å². The second-order valence-corrected chi connectivity index (χ2v) is 36.5. The average molecular weight is 1880 g/mol. The maximum Gasteiger partial charge on any atom is 0.160 e. The van der Waals surface area contributed by atoms with Crippen molar-refractivity contribution in [3.63, 3.8) is 0 Å². The van der Waals surface area contributed by atoms with Crippen LogP contribution in [0.4, 0.5) is 0 Å². The molecule has 0 fully saturated rings. The van der Waals surface area contributed by atoms with E-state index in [0.717, 1.165) is 174 Å². The number of aromatic nitrogens is 11. The molecule has 0 bridgehead atoms. The summed E-state index contributed by atoms with van der Waals surface area (Å²) in [6.45, 7) is 0. The Morgan fingerprint density at radius 2 is 0.286 bits per heavy atom. The third kappa shape index (κ3) is 18.0. The first-order valence-electron chi connectivity index (χ1n) is 49.5. The maximum atomic E-state index is 5.28. The molecule has 27 rings (SSSR count). The van der Waals surface area contributed by atoms with Gasteiger partial charge in [-0.15, -0.1) is 0 Å². The van der Waals surface area contributed by atoms with Crippen molar-refractivity contribution in [1.82, 2.24) is 53.6 Å². The van der Waals surface area contributed by atoms with Crippen LogP contribution < -0.4 is 0 Å². The van der Waals surface area contributed by atoms with Crippen LogP contribution in [0.1, 0.15) is 0 Å². The Bertz CT molecular complexity index is 8970. The Hall–Kier alpha value is -19.9. The summed E-state index contributed by atoms with van der Waals surface area (Å²) in [4.78, 5) is 40.7. The lowest BCUT2D eigenvalue weighted by Gasteiger charge is -2.15. The van der Waals surface area contributed by atoms with Crippen molar-refractivity contribution in [1.29, 1.82) is 0 Å². The van der Waals surface area contributed by atoms with Gasteiger partial charge in [0.05, 0.1) is 78.7 Å². The summed E-state index contributed by atoms with van der Waals surface area (Å²) in [5.41, 5.74) is 36.3. The molecule has 0 atom stereocenters. The predicted octanol–water partition coefficient (Wildman–Crippen LogP) is 34.5. The van der Waals surface area contributed by atoms with Crippen LogP contribution in [-0.4, -0.2) is 53.6 Å². The topological polar surface area (TPSA) is 118 Å². The van der Waals surface area contributed by atoms with Gasteiger partial charge in [-0.2, -0.15) is 0 Å². The van der Waals surface area contributed by atoms with Crippen molar-refractivity contribution in [3.05, 3.63) is 552 Å². The fraction of sp³-hybridized carbons (Fsp3) is 0. The Labute approximate surface area is 851 Å². The van der Waals surface area contributed by atoms with Crippen molar-refractivity contribution in [2.45, 2.75) is 0 Å². The smallest absolute Gasteiger partial charge is 0.160 e. The van der Waals surface area contributed by atoms with Gasteiger partial charge in [-0.3, -0.25) is 0 Å². The molecule has 0 unspecified atom stereocenters. The lowest BCUT2D eigenvalue weighted by atomic mass is 9.95. The summed E-state index contributed by atoms with van der Waals surface area (Å²) < 4.78 is 7.08.